The maximum atomic E-state index is 9.14. The fourth-order valence-corrected chi connectivity index (χ4v) is 1.07. The van der Waals surface area contributed by atoms with Crippen LogP contribution in [0, 0.1) is 0 Å². The molecule has 0 saturated carbocycles. The SMILES string of the molecule is C[C@@H]1NC[C@H](O)[C@@H](O)[C@H]1O.Cl. The summed E-state index contributed by atoms with van der Waals surface area (Å²) in [6, 6.07) is -0.140. The third kappa shape index (κ3) is 2.28. The second-order valence-corrected chi connectivity index (χ2v) is 2.75. The highest BCUT2D eigenvalue weighted by molar-refractivity contribution is 5.85. The van der Waals surface area contributed by atoms with Gasteiger partial charge in [0.05, 0.1) is 12.2 Å². The molecule has 68 valence electrons. The molecule has 0 aromatic rings. The van der Waals surface area contributed by atoms with Gasteiger partial charge in [0.1, 0.15) is 6.10 Å². The third-order valence-electron chi connectivity index (χ3n) is 1.91. The van der Waals surface area contributed by atoms with Crippen molar-refractivity contribution in [3.8, 4) is 0 Å². The Morgan fingerprint density at radius 1 is 1.18 bits per heavy atom. The minimum atomic E-state index is -1.00. The number of aliphatic hydroxyl groups excluding tert-OH is 3. The Bertz CT molecular complexity index is 110. The first-order valence-corrected chi connectivity index (χ1v) is 3.40. The monoisotopic (exact) mass is 183 g/mol. The lowest BCUT2D eigenvalue weighted by Crippen LogP contribution is -2.58. The third-order valence-corrected chi connectivity index (χ3v) is 1.91. The minimum Gasteiger partial charge on any atom is -0.389 e. The van der Waals surface area contributed by atoms with Crippen LogP contribution in [0.4, 0.5) is 0 Å². The number of rotatable bonds is 0. The first-order valence-electron chi connectivity index (χ1n) is 3.40. The van der Waals surface area contributed by atoms with Crippen molar-refractivity contribution in [2.45, 2.75) is 31.3 Å². The molecule has 0 bridgehead atoms. The summed E-state index contributed by atoms with van der Waals surface area (Å²) < 4.78 is 0. The lowest BCUT2D eigenvalue weighted by Gasteiger charge is -2.33. The summed E-state index contributed by atoms with van der Waals surface area (Å²) in [7, 11) is 0. The zero-order chi connectivity index (χ0) is 7.72. The van der Waals surface area contributed by atoms with Crippen molar-refractivity contribution in [1.82, 2.24) is 5.32 Å². The number of hydrogen-bond acceptors (Lipinski definition) is 4. The summed E-state index contributed by atoms with van der Waals surface area (Å²) in [6.07, 6.45) is -2.70. The molecule has 0 spiro atoms. The van der Waals surface area contributed by atoms with Crippen LogP contribution in [0.25, 0.3) is 0 Å². The Morgan fingerprint density at radius 3 is 2.18 bits per heavy atom. The second-order valence-electron chi connectivity index (χ2n) is 2.75. The van der Waals surface area contributed by atoms with Crippen molar-refractivity contribution in [3.63, 3.8) is 0 Å². The van der Waals surface area contributed by atoms with Gasteiger partial charge >= 0.3 is 0 Å². The van der Waals surface area contributed by atoms with Gasteiger partial charge in [-0.1, -0.05) is 0 Å². The number of halogens is 1. The summed E-state index contributed by atoms with van der Waals surface area (Å²) in [6.45, 7) is 2.11. The van der Waals surface area contributed by atoms with Gasteiger partial charge in [0.25, 0.3) is 0 Å². The van der Waals surface area contributed by atoms with E-state index in [1.807, 2.05) is 0 Å². The van der Waals surface area contributed by atoms with Gasteiger partial charge in [0, 0.05) is 12.6 Å². The van der Waals surface area contributed by atoms with Crippen molar-refractivity contribution >= 4 is 12.4 Å². The van der Waals surface area contributed by atoms with Gasteiger partial charge in [-0.15, -0.1) is 12.4 Å². The van der Waals surface area contributed by atoms with Gasteiger partial charge in [0.2, 0.25) is 0 Å². The summed E-state index contributed by atoms with van der Waals surface area (Å²) in [5, 5.41) is 30.1. The highest BCUT2D eigenvalue weighted by Crippen LogP contribution is 2.09. The van der Waals surface area contributed by atoms with Crippen LogP contribution in [0.3, 0.4) is 0 Å². The summed E-state index contributed by atoms with van der Waals surface area (Å²) in [4.78, 5) is 0. The molecule has 1 aliphatic rings. The maximum absolute atomic E-state index is 9.14. The Kier molecular flexibility index (Phi) is 4.28. The average Bonchev–Trinajstić information content (AvgIpc) is 1.93. The Balaban J connectivity index is 0.000001000. The lowest BCUT2D eigenvalue weighted by atomic mass is 9.98. The molecule has 1 rings (SSSR count). The number of nitrogens with one attached hydrogen (secondary N) is 1. The second kappa shape index (κ2) is 4.23. The first kappa shape index (κ1) is 11.1. The van der Waals surface area contributed by atoms with Crippen LogP contribution < -0.4 is 5.32 Å². The summed E-state index contributed by atoms with van der Waals surface area (Å²) in [5.74, 6) is 0. The van der Waals surface area contributed by atoms with Crippen molar-refractivity contribution in [2.75, 3.05) is 6.54 Å². The summed E-state index contributed by atoms with van der Waals surface area (Å²) in [5.41, 5.74) is 0. The van der Waals surface area contributed by atoms with Crippen LogP contribution in [0.2, 0.25) is 0 Å². The Morgan fingerprint density at radius 2 is 1.73 bits per heavy atom. The van der Waals surface area contributed by atoms with E-state index < -0.39 is 18.3 Å². The number of piperidine rings is 1. The predicted octanol–water partition coefficient (Wildman–Crippen LogP) is -1.52. The van der Waals surface area contributed by atoms with Gasteiger partial charge in [-0.2, -0.15) is 0 Å². The molecule has 0 amide bonds. The van der Waals surface area contributed by atoms with Crippen LogP contribution in [-0.2, 0) is 0 Å². The van der Waals surface area contributed by atoms with Crippen molar-refractivity contribution in [2.24, 2.45) is 0 Å². The van der Waals surface area contributed by atoms with Crippen LogP contribution >= 0.6 is 12.4 Å². The van der Waals surface area contributed by atoms with Gasteiger partial charge in [-0.05, 0) is 6.92 Å². The number of β-amino-alcohol motifs (C(OH)–C–C–N with tert-alkyl or cyclic N) is 1. The minimum absolute atomic E-state index is 0. The zero-order valence-electron chi connectivity index (χ0n) is 6.27. The van der Waals surface area contributed by atoms with E-state index in [0.717, 1.165) is 0 Å². The highest BCUT2D eigenvalue weighted by Gasteiger charge is 2.33. The largest absolute Gasteiger partial charge is 0.389 e. The normalized spacial score (nSPS) is 44.7. The van der Waals surface area contributed by atoms with Crippen molar-refractivity contribution < 1.29 is 15.3 Å². The molecular weight excluding hydrogens is 170 g/mol. The number of hydrogen-bond donors (Lipinski definition) is 4. The molecule has 1 heterocycles. The Labute approximate surface area is 71.6 Å². The maximum Gasteiger partial charge on any atom is 0.108 e. The van der Waals surface area contributed by atoms with E-state index in [1.54, 1.807) is 6.92 Å². The van der Waals surface area contributed by atoms with Crippen LogP contribution in [0.5, 0.6) is 0 Å². The van der Waals surface area contributed by atoms with Gasteiger partial charge in [-0.3, -0.25) is 0 Å². The molecule has 1 fully saturated rings. The van der Waals surface area contributed by atoms with Gasteiger partial charge in [-0.25, -0.2) is 0 Å². The smallest absolute Gasteiger partial charge is 0.108 e. The van der Waals surface area contributed by atoms with Gasteiger partial charge in [0.15, 0.2) is 0 Å². The van der Waals surface area contributed by atoms with E-state index in [0.29, 0.717) is 6.54 Å². The molecule has 0 aromatic heterocycles. The molecule has 5 heteroatoms. The molecule has 4 nitrogen and oxygen atoms in total. The van der Waals surface area contributed by atoms with E-state index in [9.17, 15) is 0 Å². The van der Waals surface area contributed by atoms with E-state index in [-0.39, 0.29) is 18.4 Å². The summed E-state index contributed by atoms with van der Waals surface area (Å²) >= 11 is 0. The zero-order valence-corrected chi connectivity index (χ0v) is 7.08. The van der Waals surface area contributed by atoms with E-state index in [4.69, 9.17) is 15.3 Å². The average molecular weight is 184 g/mol. The molecule has 0 aliphatic carbocycles. The molecule has 0 unspecified atom stereocenters. The molecule has 11 heavy (non-hydrogen) atoms. The van der Waals surface area contributed by atoms with Crippen LogP contribution in [0.1, 0.15) is 6.92 Å². The van der Waals surface area contributed by atoms with Crippen LogP contribution in [-0.4, -0.2) is 46.2 Å². The van der Waals surface area contributed by atoms with E-state index in [1.165, 1.54) is 0 Å². The molecular formula is C6H14ClNO3. The molecule has 1 aliphatic heterocycles. The Hall–Kier alpha value is 0.130. The topological polar surface area (TPSA) is 72.7 Å². The predicted molar refractivity (Wildman–Crippen MR) is 42.7 cm³/mol. The number of aliphatic hydroxyl groups is 3. The molecule has 0 radical (unpaired) electrons. The quantitative estimate of drug-likeness (QED) is 0.368. The molecule has 4 atom stereocenters. The fraction of sp³-hybridized carbons (Fsp3) is 1.00. The van der Waals surface area contributed by atoms with Crippen molar-refractivity contribution in [1.29, 1.82) is 0 Å². The highest BCUT2D eigenvalue weighted by atomic mass is 35.5. The molecule has 0 aromatic carbocycles. The van der Waals surface area contributed by atoms with E-state index in [2.05, 4.69) is 5.32 Å². The standard InChI is InChI=1S/C6H13NO3.ClH/c1-3-5(9)6(10)4(8)2-7-3;/h3-10H,2H2,1H3;1H/t3-,4-,5-,6+;/m0./s1. The van der Waals surface area contributed by atoms with E-state index >= 15 is 0 Å². The first-order chi connectivity index (χ1) is 4.63. The molecule has 4 N–H and O–H groups in total. The van der Waals surface area contributed by atoms with Crippen molar-refractivity contribution in [3.05, 3.63) is 0 Å². The van der Waals surface area contributed by atoms with Crippen LogP contribution in [0.15, 0.2) is 0 Å². The molecule has 1 saturated heterocycles. The van der Waals surface area contributed by atoms with Gasteiger partial charge < -0.3 is 20.6 Å². The lowest BCUT2D eigenvalue weighted by molar-refractivity contribution is -0.0910. The fourth-order valence-electron chi connectivity index (χ4n) is 1.07.